The maximum absolute atomic E-state index is 13.9. The van der Waals surface area contributed by atoms with Crippen molar-refractivity contribution in [1.29, 1.82) is 0 Å². The molecule has 4 aromatic carbocycles. The molecule has 5 aromatic rings. The number of anilines is 2. The average molecular weight is 607 g/mol. The van der Waals surface area contributed by atoms with E-state index in [1.54, 1.807) is 19.1 Å². The Morgan fingerprint density at radius 2 is 1.53 bits per heavy atom. The molecule has 0 saturated carbocycles. The smallest absolute Gasteiger partial charge is 0.341 e. The molecule has 0 aliphatic rings. The summed E-state index contributed by atoms with van der Waals surface area (Å²) in [5.41, 5.74) is 4.97. The van der Waals surface area contributed by atoms with Crippen molar-refractivity contribution in [2.45, 2.75) is 24.0 Å². The lowest BCUT2D eigenvalue weighted by molar-refractivity contribution is -0.115. The minimum absolute atomic E-state index is 0.210. The van der Waals surface area contributed by atoms with Crippen LogP contribution in [0.2, 0.25) is 0 Å². The number of amides is 2. The van der Waals surface area contributed by atoms with Gasteiger partial charge in [-0.15, -0.1) is 23.1 Å². The zero-order valence-electron chi connectivity index (χ0n) is 23.7. The van der Waals surface area contributed by atoms with Crippen LogP contribution in [-0.2, 0) is 9.53 Å². The van der Waals surface area contributed by atoms with E-state index in [2.05, 4.69) is 10.6 Å². The molecule has 5 rings (SSSR count). The Labute approximate surface area is 259 Å². The van der Waals surface area contributed by atoms with Crippen LogP contribution >= 0.6 is 23.1 Å². The summed E-state index contributed by atoms with van der Waals surface area (Å²) >= 11 is 2.65. The number of esters is 1. The molecule has 0 radical (unpaired) electrons. The number of hydrogen-bond acceptors (Lipinski definition) is 6. The molecule has 0 spiro atoms. The molecule has 0 aliphatic carbocycles. The van der Waals surface area contributed by atoms with Gasteiger partial charge in [-0.1, -0.05) is 84.4 Å². The lowest BCUT2D eigenvalue weighted by Crippen LogP contribution is -2.20. The van der Waals surface area contributed by atoms with Gasteiger partial charge in [0.25, 0.3) is 5.91 Å². The number of aryl methyl sites for hydroxylation is 1. The summed E-state index contributed by atoms with van der Waals surface area (Å²) in [6.45, 7) is 3.94. The molecule has 0 fully saturated rings. The standard InChI is InChI=1S/C35H30N2O4S2/c1-3-41-35(40)30-29(24-11-6-4-7-12-24)22-42-34(30)37-33(39)31(25-13-8-5-9-14-25)43-28-16-10-15-27(21-28)36-32(38)26-19-17-23(2)18-20-26/h4-22,31H,3H2,1-2H3,(H,36,38)(H,37,39). The summed E-state index contributed by atoms with van der Waals surface area (Å²) in [7, 11) is 0. The molecule has 0 saturated heterocycles. The summed E-state index contributed by atoms with van der Waals surface area (Å²) in [5, 5.41) is 7.63. The highest BCUT2D eigenvalue weighted by molar-refractivity contribution is 8.00. The molecule has 2 amide bonds. The van der Waals surface area contributed by atoms with Crippen LogP contribution < -0.4 is 10.6 Å². The van der Waals surface area contributed by atoms with Crippen LogP contribution in [0.3, 0.4) is 0 Å². The number of nitrogens with one attached hydrogen (secondary N) is 2. The fourth-order valence-electron chi connectivity index (χ4n) is 4.46. The zero-order valence-corrected chi connectivity index (χ0v) is 25.3. The quantitative estimate of drug-likeness (QED) is 0.123. The maximum Gasteiger partial charge on any atom is 0.341 e. The number of thiophene rings is 1. The Balaban J connectivity index is 1.41. The van der Waals surface area contributed by atoms with Crippen LogP contribution in [0.4, 0.5) is 10.7 Å². The van der Waals surface area contributed by atoms with Gasteiger partial charge in [0.2, 0.25) is 5.91 Å². The Bertz CT molecular complexity index is 1720. The van der Waals surface area contributed by atoms with Crippen molar-refractivity contribution in [1.82, 2.24) is 0 Å². The number of benzene rings is 4. The second-order valence-electron chi connectivity index (χ2n) is 9.69. The van der Waals surface area contributed by atoms with Crippen molar-refractivity contribution in [3.8, 4) is 11.1 Å². The van der Waals surface area contributed by atoms with Gasteiger partial charge in [0, 0.05) is 27.1 Å². The maximum atomic E-state index is 13.9. The van der Waals surface area contributed by atoms with Crippen molar-refractivity contribution in [2.75, 3.05) is 17.2 Å². The van der Waals surface area contributed by atoms with Gasteiger partial charge < -0.3 is 15.4 Å². The van der Waals surface area contributed by atoms with Crippen molar-refractivity contribution in [2.24, 2.45) is 0 Å². The predicted octanol–water partition coefficient (Wildman–Crippen LogP) is 8.62. The third-order valence-corrected chi connectivity index (χ3v) is 8.74. The number of thioether (sulfide) groups is 1. The number of rotatable bonds is 10. The van der Waals surface area contributed by atoms with E-state index < -0.39 is 11.2 Å². The van der Waals surface area contributed by atoms with Crippen molar-refractivity contribution in [3.05, 3.63) is 137 Å². The fourth-order valence-corrected chi connectivity index (χ4v) is 6.50. The molecular formula is C35H30N2O4S2. The molecule has 0 aliphatic heterocycles. The normalized spacial score (nSPS) is 11.4. The van der Waals surface area contributed by atoms with Crippen LogP contribution in [-0.4, -0.2) is 24.4 Å². The molecule has 43 heavy (non-hydrogen) atoms. The third-order valence-electron chi connectivity index (χ3n) is 6.59. The highest BCUT2D eigenvalue weighted by Crippen LogP contribution is 2.40. The van der Waals surface area contributed by atoms with Crippen LogP contribution in [0.1, 0.15) is 44.0 Å². The van der Waals surface area contributed by atoms with Crippen molar-refractivity contribution in [3.63, 3.8) is 0 Å². The van der Waals surface area contributed by atoms with Gasteiger partial charge in [-0.2, -0.15) is 0 Å². The van der Waals surface area contributed by atoms with Crippen LogP contribution in [0.25, 0.3) is 11.1 Å². The molecule has 1 aromatic heterocycles. The third kappa shape index (κ3) is 7.41. The first-order valence-electron chi connectivity index (χ1n) is 13.8. The van der Waals surface area contributed by atoms with Crippen LogP contribution in [0.5, 0.6) is 0 Å². The monoisotopic (exact) mass is 606 g/mol. The molecule has 1 unspecified atom stereocenters. The Morgan fingerprint density at radius 1 is 0.837 bits per heavy atom. The zero-order chi connectivity index (χ0) is 30.2. The van der Waals surface area contributed by atoms with Crippen LogP contribution in [0, 0.1) is 6.92 Å². The van der Waals surface area contributed by atoms with Crippen LogP contribution in [0.15, 0.2) is 119 Å². The first-order chi connectivity index (χ1) is 20.9. The van der Waals surface area contributed by atoms with Gasteiger partial charge in [0.1, 0.15) is 15.8 Å². The highest BCUT2D eigenvalue weighted by atomic mass is 32.2. The van der Waals surface area contributed by atoms with Gasteiger partial charge in [-0.25, -0.2) is 4.79 Å². The SMILES string of the molecule is CCOC(=O)c1c(-c2ccccc2)csc1NC(=O)C(Sc1cccc(NC(=O)c2ccc(C)cc2)c1)c1ccccc1. The lowest BCUT2D eigenvalue weighted by atomic mass is 10.0. The van der Waals surface area contributed by atoms with E-state index in [9.17, 15) is 14.4 Å². The van der Waals surface area contributed by atoms with E-state index in [1.165, 1.54) is 23.1 Å². The molecule has 8 heteroatoms. The first kappa shape index (κ1) is 29.8. The van der Waals surface area contributed by atoms with Crippen molar-refractivity contribution >= 4 is 51.6 Å². The van der Waals surface area contributed by atoms with Gasteiger partial charge in [-0.05, 0) is 55.3 Å². The number of ether oxygens (including phenoxy) is 1. The molecule has 1 atom stereocenters. The first-order valence-corrected chi connectivity index (χ1v) is 15.5. The molecule has 6 nitrogen and oxygen atoms in total. The largest absolute Gasteiger partial charge is 0.462 e. The lowest BCUT2D eigenvalue weighted by Gasteiger charge is -2.18. The minimum atomic E-state index is -0.637. The second kappa shape index (κ2) is 14.0. The number of hydrogen-bond donors (Lipinski definition) is 2. The van der Waals surface area contributed by atoms with E-state index >= 15 is 0 Å². The number of carbonyl (C=O) groups is 3. The summed E-state index contributed by atoms with van der Waals surface area (Å²) in [6, 6.07) is 33.8. The molecule has 0 bridgehead atoms. The van der Waals surface area contributed by atoms with E-state index in [-0.39, 0.29) is 18.4 Å². The molecule has 1 heterocycles. The van der Waals surface area contributed by atoms with Crippen molar-refractivity contribution < 1.29 is 19.1 Å². The van der Waals surface area contributed by atoms with Gasteiger partial charge >= 0.3 is 5.97 Å². The van der Waals surface area contributed by atoms with E-state index in [0.29, 0.717) is 27.4 Å². The summed E-state index contributed by atoms with van der Waals surface area (Å²) in [6.07, 6.45) is 0. The van der Waals surface area contributed by atoms with E-state index in [4.69, 9.17) is 4.74 Å². The Morgan fingerprint density at radius 3 is 2.23 bits per heavy atom. The summed E-state index contributed by atoms with van der Waals surface area (Å²) in [4.78, 5) is 40.6. The highest BCUT2D eigenvalue weighted by Gasteiger charge is 2.27. The van der Waals surface area contributed by atoms with Gasteiger partial charge in [-0.3, -0.25) is 9.59 Å². The summed E-state index contributed by atoms with van der Waals surface area (Å²) in [5.74, 6) is -0.978. The Hall–Kier alpha value is -4.66. The minimum Gasteiger partial charge on any atom is -0.462 e. The number of carbonyl (C=O) groups excluding carboxylic acids is 3. The average Bonchev–Trinajstić information content (AvgIpc) is 3.45. The predicted molar refractivity (Wildman–Crippen MR) is 175 cm³/mol. The Kier molecular flexibility index (Phi) is 9.71. The van der Waals surface area contributed by atoms with E-state index in [1.807, 2.05) is 109 Å². The molecular weight excluding hydrogens is 577 g/mol. The topological polar surface area (TPSA) is 84.5 Å². The van der Waals surface area contributed by atoms with Gasteiger partial charge in [0.15, 0.2) is 0 Å². The molecule has 2 N–H and O–H groups in total. The van der Waals surface area contributed by atoms with E-state index in [0.717, 1.165) is 21.6 Å². The fraction of sp³-hybridized carbons (Fsp3) is 0.114. The summed E-state index contributed by atoms with van der Waals surface area (Å²) < 4.78 is 5.37. The second-order valence-corrected chi connectivity index (χ2v) is 11.7. The van der Waals surface area contributed by atoms with Gasteiger partial charge in [0.05, 0.1) is 6.61 Å². The molecule has 216 valence electrons.